The minimum Gasteiger partial charge on any atom is -0.399 e. The highest BCUT2D eigenvalue weighted by Gasteiger charge is 2.17. The lowest BCUT2D eigenvalue weighted by molar-refractivity contribution is 0.122. The Morgan fingerprint density at radius 2 is 1.81 bits per heavy atom. The Bertz CT molecular complexity index is 1230. The fourth-order valence-electron chi connectivity index (χ4n) is 3.90. The van der Waals surface area contributed by atoms with Crippen molar-refractivity contribution in [2.75, 3.05) is 42.3 Å². The third kappa shape index (κ3) is 3.97. The molecule has 0 bridgehead atoms. The standard InChI is InChI=1S/C24H27N7O/c1-16(2)31-15-26-21-23(28-22(29-24(21)31)17-4-3-5-18(25)14-17)27-19-6-8-20(9-7-19)30-10-12-32-13-11-30/h3-9,14-16H,10-13,25H2,1-2H3,(H,27,28,29). The maximum atomic E-state index is 6.00. The molecule has 0 spiro atoms. The van der Waals surface area contributed by atoms with Crippen molar-refractivity contribution in [2.45, 2.75) is 19.9 Å². The molecule has 1 aliphatic rings. The molecule has 3 heterocycles. The van der Waals surface area contributed by atoms with Gasteiger partial charge >= 0.3 is 0 Å². The zero-order valence-corrected chi connectivity index (χ0v) is 18.3. The highest BCUT2D eigenvalue weighted by Crippen LogP contribution is 2.29. The van der Waals surface area contributed by atoms with Crippen LogP contribution in [-0.4, -0.2) is 45.8 Å². The predicted molar refractivity (Wildman–Crippen MR) is 128 cm³/mol. The molecule has 32 heavy (non-hydrogen) atoms. The normalized spacial score (nSPS) is 14.3. The van der Waals surface area contributed by atoms with Crippen molar-refractivity contribution in [3.63, 3.8) is 0 Å². The summed E-state index contributed by atoms with van der Waals surface area (Å²) in [6.07, 6.45) is 1.82. The molecule has 4 aromatic rings. The van der Waals surface area contributed by atoms with Gasteiger partial charge in [-0.25, -0.2) is 15.0 Å². The van der Waals surface area contributed by atoms with Crippen LogP contribution in [0.4, 0.5) is 22.9 Å². The molecule has 0 saturated carbocycles. The van der Waals surface area contributed by atoms with Gasteiger partial charge in [0.15, 0.2) is 22.8 Å². The summed E-state index contributed by atoms with van der Waals surface area (Å²) in [5.41, 5.74) is 11.2. The summed E-state index contributed by atoms with van der Waals surface area (Å²) in [5, 5.41) is 3.45. The number of nitrogens with zero attached hydrogens (tertiary/aromatic N) is 5. The smallest absolute Gasteiger partial charge is 0.166 e. The minimum absolute atomic E-state index is 0.226. The molecule has 2 aromatic heterocycles. The summed E-state index contributed by atoms with van der Waals surface area (Å²) >= 11 is 0. The number of nitrogens with one attached hydrogen (secondary N) is 1. The Hall–Kier alpha value is -3.65. The second-order valence-electron chi connectivity index (χ2n) is 8.21. The maximum Gasteiger partial charge on any atom is 0.166 e. The van der Waals surface area contributed by atoms with E-state index in [2.05, 4.69) is 57.9 Å². The van der Waals surface area contributed by atoms with Gasteiger partial charge in [-0.1, -0.05) is 12.1 Å². The van der Waals surface area contributed by atoms with Gasteiger partial charge in [0.05, 0.1) is 19.5 Å². The molecule has 0 atom stereocenters. The molecule has 0 unspecified atom stereocenters. The number of hydrogen-bond donors (Lipinski definition) is 2. The zero-order valence-electron chi connectivity index (χ0n) is 18.3. The van der Waals surface area contributed by atoms with E-state index in [0.29, 0.717) is 17.3 Å². The Morgan fingerprint density at radius 1 is 1.03 bits per heavy atom. The van der Waals surface area contributed by atoms with E-state index >= 15 is 0 Å². The second-order valence-corrected chi connectivity index (χ2v) is 8.21. The Balaban J connectivity index is 1.52. The van der Waals surface area contributed by atoms with Crippen LogP contribution in [-0.2, 0) is 4.74 Å². The van der Waals surface area contributed by atoms with Crippen LogP contribution in [0.1, 0.15) is 19.9 Å². The number of hydrogen-bond acceptors (Lipinski definition) is 7. The summed E-state index contributed by atoms with van der Waals surface area (Å²) in [6, 6.07) is 16.2. The lowest BCUT2D eigenvalue weighted by atomic mass is 10.2. The third-order valence-electron chi connectivity index (χ3n) is 5.63. The van der Waals surface area contributed by atoms with E-state index in [9.17, 15) is 0 Å². The van der Waals surface area contributed by atoms with Crippen molar-refractivity contribution in [1.82, 2.24) is 19.5 Å². The largest absolute Gasteiger partial charge is 0.399 e. The quantitative estimate of drug-likeness (QED) is 0.458. The average Bonchev–Trinajstić information content (AvgIpc) is 3.25. The van der Waals surface area contributed by atoms with Gasteiger partial charge < -0.3 is 25.3 Å². The van der Waals surface area contributed by atoms with E-state index in [0.717, 1.165) is 48.7 Å². The van der Waals surface area contributed by atoms with Crippen molar-refractivity contribution in [1.29, 1.82) is 0 Å². The highest BCUT2D eigenvalue weighted by atomic mass is 16.5. The molecule has 164 valence electrons. The van der Waals surface area contributed by atoms with Crippen LogP contribution < -0.4 is 16.0 Å². The molecule has 2 aromatic carbocycles. The predicted octanol–water partition coefficient (Wildman–Crippen LogP) is 4.24. The number of aromatic nitrogens is 4. The van der Waals surface area contributed by atoms with Crippen molar-refractivity contribution >= 4 is 34.0 Å². The van der Waals surface area contributed by atoms with Gasteiger partial charge in [0.1, 0.15) is 0 Å². The average molecular weight is 430 g/mol. The summed E-state index contributed by atoms with van der Waals surface area (Å²) in [4.78, 5) is 16.6. The van der Waals surface area contributed by atoms with Crippen molar-refractivity contribution in [2.24, 2.45) is 0 Å². The van der Waals surface area contributed by atoms with Crippen LogP contribution in [0.5, 0.6) is 0 Å². The number of ether oxygens (including phenoxy) is 1. The summed E-state index contributed by atoms with van der Waals surface area (Å²) in [6.45, 7) is 7.58. The van der Waals surface area contributed by atoms with Gasteiger partial charge in [-0.3, -0.25) is 0 Å². The summed E-state index contributed by atoms with van der Waals surface area (Å²) < 4.78 is 7.51. The summed E-state index contributed by atoms with van der Waals surface area (Å²) in [5.74, 6) is 1.28. The van der Waals surface area contributed by atoms with E-state index in [-0.39, 0.29) is 6.04 Å². The van der Waals surface area contributed by atoms with Crippen LogP contribution >= 0.6 is 0 Å². The van der Waals surface area contributed by atoms with Crippen LogP contribution in [0.3, 0.4) is 0 Å². The third-order valence-corrected chi connectivity index (χ3v) is 5.63. The number of nitrogen functional groups attached to an aromatic ring is 1. The van der Waals surface area contributed by atoms with Crippen LogP contribution in [0.15, 0.2) is 54.9 Å². The van der Waals surface area contributed by atoms with Gasteiger partial charge in [-0.15, -0.1) is 0 Å². The minimum atomic E-state index is 0.226. The number of anilines is 4. The molecule has 0 radical (unpaired) electrons. The van der Waals surface area contributed by atoms with Crippen molar-refractivity contribution < 1.29 is 4.74 Å². The monoisotopic (exact) mass is 429 g/mol. The molecule has 1 fully saturated rings. The van der Waals surface area contributed by atoms with E-state index in [1.165, 1.54) is 5.69 Å². The molecule has 3 N–H and O–H groups in total. The van der Waals surface area contributed by atoms with E-state index < -0.39 is 0 Å². The molecule has 0 aliphatic carbocycles. The number of fused-ring (bicyclic) bond motifs is 1. The number of benzene rings is 2. The first-order valence-electron chi connectivity index (χ1n) is 10.9. The molecule has 1 saturated heterocycles. The molecule has 5 rings (SSSR count). The van der Waals surface area contributed by atoms with Crippen molar-refractivity contribution in [3.8, 4) is 11.4 Å². The van der Waals surface area contributed by atoms with Gasteiger partial charge in [0.25, 0.3) is 0 Å². The first-order chi connectivity index (χ1) is 15.6. The van der Waals surface area contributed by atoms with E-state index in [4.69, 9.17) is 20.4 Å². The Kier molecular flexibility index (Phi) is 5.36. The van der Waals surface area contributed by atoms with E-state index in [1.54, 1.807) is 0 Å². The highest BCUT2D eigenvalue weighted by molar-refractivity contribution is 5.87. The van der Waals surface area contributed by atoms with Crippen LogP contribution in [0.2, 0.25) is 0 Å². The van der Waals surface area contributed by atoms with Gasteiger partial charge in [-0.2, -0.15) is 0 Å². The molecular weight excluding hydrogens is 402 g/mol. The van der Waals surface area contributed by atoms with Gasteiger partial charge in [0.2, 0.25) is 0 Å². The number of nitrogens with two attached hydrogens (primary N) is 1. The summed E-state index contributed by atoms with van der Waals surface area (Å²) in [7, 11) is 0. The van der Waals surface area contributed by atoms with Crippen LogP contribution in [0, 0.1) is 0 Å². The Labute approximate surface area is 187 Å². The topological polar surface area (TPSA) is 94.1 Å². The maximum absolute atomic E-state index is 6.00. The first kappa shape index (κ1) is 20.3. The molecule has 0 amide bonds. The number of morpholine rings is 1. The van der Waals surface area contributed by atoms with Crippen LogP contribution in [0.25, 0.3) is 22.6 Å². The van der Waals surface area contributed by atoms with Gasteiger partial charge in [0, 0.05) is 41.8 Å². The lowest BCUT2D eigenvalue weighted by Gasteiger charge is -2.28. The molecular formula is C24H27N7O. The zero-order chi connectivity index (χ0) is 22.1. The fourth-order valence-corrected chi connectivity index (χ4v) is 3.90. The fraction of sp³-hybridized carbons (Fsp3) is 0.292. The molecule has 1 aliphatic heterocycles. The lowest BCUT2D eigenvalue weighted by Crippen LogP contribution is -2.36. The Morgan fingerprint density at radius 3 is 2.53 bits per heavy atom. The number of imidazole rings is 1. The molecule has 8 nitrogen and oxygen atoms in total. The van der Waals surface area contributed by atoms with Gasteiger partial charge in [-0.05, 0) is 50.2 Å². The van der Waals surface area contributed by atoms with E-state index in [1.807, 2.05) is 30.6 Å². The number of rotatable bonds is 5. The van der Waals surface area contributed by atoms with Crippen molar-refractivity contribution in [3.05, 3.63) is 54.9 Å². The second kappa shape index (κ2) is 8.47. The SMILES string of the molecule is CC(C)n1cnc2c(Nc3ccc(N4CCOCC4)cc3)nc(-c3cccc(N)c3)nc21. The first-order valence-corrected chi connectivity index (χ1v) is 10.9. The molecule has 8 heteroatoms.